The molecule has 0 spiro atoms. The average Bonchev–Trinajstić information content (AvgIpc) is 3.18. The summed E-state index contributed by atoms with van der Waals surface area (Å²) in [4.78, 5) is 16.7. The zero-order chi connectivity index (χ0) is 14.7. The summed E-state index contributed by atoms with van der Waals surface area (Å²) in [5.41, 5.74) is 2.28. The predicted octanol–water partition coefficient (Wildman–Crippen LogP) is 1.80. The Morgan fingerprint density at radius 2 is 2.43 bits per heavy atom. The number of nitrogens with one attached hydrogen (secondary N) is 2. The van der Waals surface area contributed by atoms with Crippen LogP contribution in [0.5, 0.6) is 0 Å². The molecule has 2 atom stereocenters. The van der Waals surface area contributed by atoms with E-state index in [1.54, 1.807) is 12.4 Å². The number of amides is 1. The summed E-state index contributed by atoms with van der Waals surface area (Å²) in [6.45, 7) is 3.28. The van der Waals surface area contributed by atoms with Crippen LogP contribution in [-0.2, 0) is 4.74 Å². The lowest BCUT2D eigenvalue weighted by Gasteiger charge is -2.14. The Kier molecular flexibility index (Phi) is 3.96. The van der Waals surface area contributed by atoms with Gasteiger partial charge in [-0.05, 0) is 25.5 Å². The molecule has 0 unspecified atom stereocenters. The summed E-state index contributed by atoms with van der Waals surface area (Å²) < 4.78 is 5.38. The predicted molar refractivity (Wildman–Crippen MR) is 76.9 cm³/mol. The SMILES string of the molecule is C[C@@H](NC(=O)c1cn[nH]c1[C@H]1CCOC1)c1ccccn1. The van der Waals surface area contributed by atoms with Crippen molar-refractivity contribution in [3.05, 3.63) is 47.5 Å². The fourth-order valence-electron chi connectivity index (χ4n) is 2.53. The van der Waals surface area contributed by atoms with Gasteiger partial charge in [-0.3, -0.25) is 14.9 Å². The molecule has 6 nitrogen and oxygen atoms in total. The first kappa shape index (κ1) is 13.8. The highest BCUT2D eigenvalue weighted by molar-refractivity contribution is 5.95. The molecule has 2 aromatic heterocycles. The number of hydrogen-bond donors (Lipinski definition) is 2. The molecule has 1 saturated heterocycles. The molecule has 0 aromatic carbocycles. The molecule has 6 heteroatoms. The number of carbonyl (C=O) groups is 1. The van der Waals surface area contributed by atoms with E-state index >= 15 is 0 Å². The third-order valence-corrected chi connectivity index (χ3v) is 3.73. The first-order valence-electron chi connectivity index (χ1n) is 7.08. The first-order chi connectivity index (χ1) is 10.3. The fraction of sp³-hybridized carbons (Fsp3) is 0.400. The molecule has 0 saturated carbocycles. The number of pyridine rings is 1. The molecule has 2 aromatic rings. The van der Waals surface area contributed by atoms with Crippen LogP contribution in [-0.4, -0.2) is 34.3 Å². The van der Waals surface area contributed by atoms with Crippen LogP contribution in [0.25, 0.3) is 0 Å². The molecular weight excluding hydrogens is 268 g/mol. The quantitative estimate of drug-likeness (QED) is 0.898. The van der Waals surface area contributed by atoms with Gasteiger partial charge in [0, 0.05) is 18.7 Å². The second-order valence-corrected chi connectivity index (χ2v) is 5.21. The van der Waals surface area contributed by atoms with Crippen molar-refractivity contribution < 1.29 is 9.53 Å². The normalized spacial score (nSPS) is 19.4. The lowest BCUT2D eigenvalue weighted by molar-refractivity contribution is 0.0937. The molecule has 1 aliphatic heterocycles. The largest absolute Gasteiger partial charge is 0.381 e. The van der Waals surface area contributed by atoms with E-state index in [9.17, 15) is 4.79 Å². The van der Waals surface area contributed by atoms with Crippen molar-refractivity contribution in [2.45, 2.75) is 25.3 Å². The van der Waals surface area contributed by atoms with Gasteiger partial charge in [0.25, 0.3) is 5.91 Å². The third-order valence-electron chi connectivity index (χ3n) is 3.73. The minimum absolute atomic E-state index is 0.135. The Balaban J connectivity index is 1.72. The minimum Gasteiger partial charge on any atom is -0.381 e. The maximum atomic E-state index is 12.4. The molecule has 1 fully saturated rings. The molecule has 110 valence electrons. The summed E-state index contributed by atoms with van der Waals surface area (Å²) in [6, 6.07) is 5.50. The molecule has 3 heterocycles. The molecule has 1 aliphatic rings. The number of nitrogens with zero attached hydrogens (tertiary/aromatic N) is 2. The molecule has 0 radical (unpaired) electrons. The van der Waals surface area contributed by atoms with Crippen LogP contribution in [0.15, 0.2) is 30.6 Å². The highest BCUT2D eigenvalue weighted by Crippen LogP contribution is 2.26. The summed E-state index contributed by atoms with van der Waals surface area (Å²) in [6.07, 6.45) is 4.21. The Bertz CT molecular complexity index is 605. The molecular formula is C15H18N4O2. The Morgan fingerprint density at radius 1 is 1.52 bits per heavy atom. The lowest BCUT2D eigenvalue weighted by atomic mass is 10.0. The van der Waals surface area contributed by atoms with E-state index in [1.165, 1.54) is 0 Å². The third kappa shape index (κ3) is 2.95. The van der Waals surface area contributed by atoms with Crippen LogP contribution >= 0.6 is 0 Å². The lowest BCUT2D eigenvalue weighted by Crippen LogP contribution is -2.28. The summed E-state index contributed by atoms with van der Waals surface area (Å²) in [5.74, 6) is 0.0854. The molecule has 0 aliphatic carbocycles. The van der Waals surface area contributed by atoms with Gasteiger partial charge in [-0.2, -0.15) is 5.10 Å². The van der Waals surface area contributed by atoms with Crippen LogP contribution in [0.3, 0.4) is 0 Å². The zero-order valence-corrected chi connectivity index (χ0v) is 11.9. The second-order valence-electron chi connectivity index (χ2n) is 5.21. The van der Waals surface area contributed by atoms with E-state index in [4.69, 9.17) is 4.74 Å². The number of H-pyrrole nitrogens is 1. The standard InChI is InChI=1S/C15H18N4O2/c1-10(13-4-2-3-6-16-13)18-15(20)12-8-17-19-14(12)11-5-7-21-9-11/h2-4,6,8,10-11H,5,7,9H2,1H3,(H,17,19)(H,18,20)/t10-,11+/m1/s1. The van der Waals surface area contributed by atoms with Crippen LogP contribution in [0, 0.1) is 0 Å². The summed E-state index contributed by atoms with van der Waals surface area (Å²) >= 11 is 0. The van der Waals surface area contributed by atoms with Crippen molar-refractivity contribution in [1.29, 1.82) is 0 Å². The van der Waals surface area contributed by atoms with Crippen molar-refractivity contribution in [1.82, 2.24) is 20.5 Å². The molecule has 3 rings (SSSR count). The van der Waals surface area contributed by atoms with Crippen molar-refractivity contribution in [2.24, 2.45) is 0 Å². The Morgan fingerprint density at radius 3 is 3.14 bits per heavy atom. The average molecular weight is 286 g/mol. The number of ether oxygens (including phenoxy) is 1. The van der Waals surface area contributed by atoms with Crippen molar-refractivity contribution in [3.63, 3.8) is 0 Å². The number of aromatic nitrogens is 3. The minimum atomic E-state index is -0.152. The zero-order valence-electron chi connectivity index (χ0n) is 11.9. The van der Waals surface area contributed by atoms with Gasteiger partial charge in [-0.1, -0.05) is 6.07 Å². The van der Waals surface area contributed by atoms with Gasteiger partial charge in [0.2, 0.25) is 0 Å². The molecule has 1 amide bonds. The van der Waals surface area contributed by atoms with Crippen LogP contribution in [0.1, 0.15) is 47.1 Å². The van der Waals surface area contributed by atoms with E-state index < -0.39 is 0 Å². The Labute approximate surface area is 122 Å². The van der Waals surface area contributed by atoms with Crippen LogP contribution < -0.4 is 5.32 Å². The van der Waals surface area contributed by atoms with Crippen molar-refractivity contribution >= 4 is 5.91 Å². The van der Waals surface area contributed by atoms with Crippen LogP contribution in [0.2, 0.25) is 0 Å². The van der Waals surface area contributed by atoms with Gasteiger partial charge in [0.1, 0.15) is 0 Å². The molecule has 2 N–H and O–H groups in total. The van der Waals surface area contributed by atoms with E-state index in [2.05, 4.69) is 20.5 Å². The summed E-state index contributed by atoms with van der Waals surface area (Å²) in [7, 11) is 0. The van der Waals surface area contributed by atoms with Gasteiger partial charge >= 0.3 is 0 Å². The number of aromatic amines is 1. The monoisotopic (exact) mass is 286 g/mol. The fourth-order valence-corrected chi connectivity index (χ4v) is 2.53. The van der Waals surface area contributed by atoms with Gasteiger partial charge in [0.05, 0.1) is 35.8 Å². The maximum Gasteiger partial charge on any atom is 0.255 e. The first-order valence-corrected chi connectivity index (χ1v) is 7.08. The van der Waals surface area contributed by atoms with E-state index in [1.807, 2.05) is 25.1 Å². The van der Waals surface area contributed by atoms with E-state index in [-0.39, 0.29) is 17.9 Å². The van der Waals surface area contributed by atoms with Crippen molar-refractivity contribution in [3.8, 4) is 0 Å². The van der Waals surface area contributed by atoms with Crippen molar-refractivity contribution in [2.75, 3.05) is 13.2 Å². The molecule has 0 bridgehead atoms. The highest BCUT2D eigenvalue weighted by Gasteiger charge is 2.25. The van der Waals surface area contributed by atoms with Gasteiger partial charge in [-0.15, -0.1) is 0 Å². The maximum absolute atomic E-state index is 12.4. The number of carbonyl (C=O) groups excluding carboxylic acids is 1. The number of hydrogen-bond acceptors (Lipinski definition) is 4. The van der Waals surface area contributed by atoms with E-state index in [0.717, 1.165) is 24.4 Å². The topological polar surface area (TPSA) is 79.9 Å². The molecule has 21 heavy (non-hydrogen) atoms. The van der Waals surface area contributed by atoms with Gasteiger partial charge < -0.3 is 10.1 Å². The number of rotatable bonds is 4. The van der Waals surface area contributed by atoms with Gasteiger partial charge in [-0.25, -0.2) is 0 Å². The highest BCUT2D eigenvalue weighted by atomic mass is 16.5. The smallest absolute Gasteiger partial charge is 0.255 e. The van der Waals surface area contributed by atoms with E-state index in [0.29, 0.717) is 12.2 Å². The van der Waals surface area contributed by atoms with Crippen LogP contribution in [0.4, 0.5) is 0 Å². The second kappa shape index (κ2) is 6.05. The summed E-state index contributed by atoms with van der Waals surface area (Å²) in [5, 5.41) is 9.91. The Hall–Kier alpha value is -2.21. The van der Waals surface area contributed by atoms with Gasteiger partial charge in [0.15, 0.2) is 0 Å².